The van der Waals surface area contributed by atoms with Gasteiger partial charge in [0.25, 0.3) is 5.56 Å². The van der Waals surface area contributed by atoms with Crippen LogP contribution in [0.15, 0.2) is 47.3 Å². The molecule has 10 heteroatoms. The second kappa shape index (κ2) is 6.06. The Morgan fingerprint density at radius 3 is 2.59 bits per heavy atom. The van der Waals surface area contributed by atoms with E-state index in [-0.39, 0.29) is 38.2 Å². The third kappa shape index (κ3) is 2.59. The van der Waals surface area contributed by atoms with Crippen LogP contribution in [0.2, 0.25) is 0 Å². The number of benzene rings is 2. The first kappa shape index (κ1) is 17.0. The highest BCUT2D eigenvalue weighted by Gasteiger charge is 2.20. The Kier molecular flexibility index (Phi) is 3.81. The highest BCUT2D eigenvalue weighted by atomic mass is 32.1. The van der Waals surface area contributed by atoms with Crippen molar-refractivity contribution in [2.75, 3.05) is 11.0 Å². The monoisotopic (exact) mass is 383 g/mol. The third-order valence-corrected chi connectivity index (χ3v) is 5.13. The lowest BCUT2D eigenvalue weighted by Gasteiger charge is -2.17. The number of aromatic carboxylic acids is 1. The molecule has 0 radical (unpaired) electrons. The van der Waals surface area contributed by atoms with E-state index in [0.717, 1.165) is 15.3 Å². The molecule has 27 heavy (non-hydrogen) atoms. The molecule has 9 nitrogen and oxygen atoms in total. The number of nitrogen functional groups attached to an aromatic ring is 1. The number of hydrogen-bond acceptors (Lipinski definition) is 9. The van der Waals surface area contributed by atoms with Crippen LogP contribution in [0.3, 0.4) is 0 Å². The first-order chi connectivity index (χ1) is 12.9. The fraction of sp³-hybridized carbons (Fsp3) is 0. The summed E-state index contributed by atoms with van der Waals surface area (Å²) in [6.45, 7) is 0. The van der Waals surface area contributed by atoms with Gasteiger partial charge in [-0.2, -0.15) is 0 Å². The Bertz CT molecular complexity index is 1240. The number of nitrogens with two attached hydrogens (primary N) is 1. The van der Waals surface area contributed by atoms with Gasteiger partial charge in [-0.15, -0.1) is 5.23 Å². The number of carboxylic acid groups (broad SMARTS) is 1. The molecule has 2 aromatic heterocycles. The van der Waals surface area contributed by atoms with Gasteiger partial charge in [0.2, 0.25) is 0 Å². The maximum absolute atomic E-state index is 13.0. The lowest BCUT2D eigenvalue weighted by molar-refractivity contribution is -0.254. The molecule has 0 bridgehead atoms. The number of carbonyl (C=O) groups excluding carboxylic acids is 1. The molecule has 0 atom stereocenters. The first-order valence-electron chi connectivity index (χ1n) is 7.62. The van der Waals surface area contributed by atoms with Crippen LogP contribution in [0.5, 0.6) is 0 Å². The number of nitrogens with zero attached hydrogens (tertiary/aromatic N) is 3. The standard InChI is InChI=1S/C17H12N4O5S/c18-14-13(16(23)24)9-6-5-8(21(25)26)7-10(9)15(22)20(14)17-19-11-3-1-2-4-12(11)27-17/h1-7,25-26H,18H2,(H,23,24)/p-1. The summed E-state index contributed by atoms with van der Waals surface area (Å²) in [5.74, 6) is -1.88. The largest absolute Gasteiger partial charge is 0.545 e. The highest BCUT2D eigenvalue weighted by molar-refractivity contribution is 7.20. The minimum Gasteiger partial charge on any atom is -0.545 e. The van der Waals surface area contributed by atoms with E-state index in [9.17, 15) is 25.1 Å². The average molecular weight is 383 g/mol. The van der Waals surface area contributed by atoms with Crippen LogP contribution in [0.25, 0.3) is 26.1 Å². The molecule has 0 spiro atoms. The quantitative estimate of drug-likeness (QED) is 0.447. The minimum absolute atomic E-state index is 0.0282. The maximum atomic E-state index is 13.0. The van der Waals surface area contributed by atoms with Crippen molar-refractivity contribution in [1.29, 1.82) is 0 Å². The number of thiazole rings is 1. The summed E-state index contributed by atoms with van der Waals surface area (Å²) in [5, 5.41) is 30.1. The summed E-state index contributed by atoms with van der Waals surface area (Å²) in [6.07, 6.45) is 0. The number of fused-ring (bicyclic) bond motifs is 2. The summed E-state index contributed by atoms with van der Waals surface area (Å²) in [4.78, 5) is 29.1. The molecular formula is C17H11N4O5S-. The predicted molar refractivity (Wildman–Crippen MR) is 97.5 cm³/mol. The second-order valence-corrected chi connectivity index (χ2v) is 6.68. The van der Waals surface area contributed by atoms with Gasteiger partial charge in [0.1, 0.15) is 5.82 Å². The first-order valence-corrected chi connectivity index (χ1v) is 8.43. The third-order valence-electron chi connectivity index (χ3n) is 4.11. The summed E-state index contributed by atoms with van der Waals surface area (Å²) in [5.41, 5.74) is 5.49. The van der Waals surface area contributed by atoms with Crippen LogP contribution in [-0.4, -0.2) is 25.9 Å². The molecule has 4 N–H and O–H groups in total. The fourth-order valence-electron chi connectivity index (χ4n) is 2.89. The molecular weight excluding hydrogens is 372 g/mol. The van der Waals surface area contributed by atoms with Crippen molar-refractivity contribution in [3.05, 3.63) is 58.4 Å². The van der Waals surface area contributed by atoms with Crippen molar-refractivity contribution >= 4 is 49.8 Å². The molecule has 0 fully saturated rings. The van der Waals surface area contributed by atoms with Crippen molar-refractivity contribution in [3.63, 3.8) is 0 Å². The molecule has 0 aliphatic rings. The summed E-state index contributed by atoms with van der Waals surface area (Å²) in [6, 6.07) is 10.8. The van der Waals surface area contributed by atoms with E-state index in [1.165, 1.54) is 23.5 Å². The fourth-order valence-corrected chi connectivity index (χ4v) is 3.87. The van der Waals surface area contributed by atoms with Gasteiger partial charge in [-0.25, -0.2) is 9.55 Å². The molecule has 0 unspecified atom stereocenters. The van der Waals surface area contributed by atoms with E-state index in [4.69, 9.17) is 5.73 Å². The Labute approximate surface area is 154 Å². The van der Waals surface area contributed by atoms with E-state index >= 15 is 0 Å². The van der Waals surface area contributed by atoms with Crippen molar-refractivity contribution in [2.24, 2.45) is 0 Å². The molecule has 0 saturated heterocycles. The van der Waals surface area contributed by atoms with Crippen LogP contribution in [0.4, 0.5) is 11.5 Å². The van der Waals surface area contributed by atoms with Crippen molar-refractivity contribution < 1.29 is 20.3 Å². The van der Waals surface area contributed by atoms with Gasteiger partial charge < -0.3 is 15.6 Å². The molecule has 0 aliphatic carbocycles. The zero-order chi connectivity index (χ0) is 19.3. The van der Waals surface area contributed by atoms with Crippen molar-refractivity contribution in [3.8, 4) is 5.13 Å². The lowest BCUT2D eigenvalue weighted by atomic mass is 10.1. The van der Waals surface area contributed by atoms with Crippen LogP contribution >= 0.6 is 11.3 Å². The van der Waals surface area contributed by atoms with Crippen molar-refractivity contribution in [1.82, 2.24) is 9.55 Å². The van der Waals surface area contributed by atoms with Gasteiger partial charge in [-0.3, -0.25) is 15.2 Å². The Balaban J connectivity index is 2.13. The summed E-state index contributed by atoms with van der Waals surface area (Å²) in [7, 11) is 0. The summed E-state index contributed by atoms with van der Waals surface area (Å²) >= 11 is 1.17. The number of aromatic nitrogens is 2. The molecule has 0 saturated carbocycles. The lowest BCUT2D eigenvalue weighted by Crippen LogP contribution is -2.30. The normalized spacial score (nSPS) is 11.2. The van der Waals surface area contributed by atoms with E-state index in [2.05, 4.69) is 4.98 Å². The van der Waals surface area contributed by atoms with Gasteiger partial charge in [0.15, 0.2) is 5.13 Å². The molecule has 136 valence electrons. The number of carbonyl (C=O) groups is 1. The van der Waals surface area contributed by atoms with E-state index in [1.54, 1.807) is 12.1 Å². The summed E-state index contributed by atoms with van der Waals surface area (Å²) < 4.78 is 1.78. The average Bonchev–Trinajstić information content (AvgIpc) is 3.04. The van der Waals surface area contributed by atoms with E-state index < -0.39 is 11.5 Å². The predicted octanol–water partition coefficient (Wildman–Crippen LogP) is 1.13. The highest BCUT2D eigenvalue weighted by Crippen LogP contribution is 2.30. The molecule has 4 rings (SSSR count). The molecule has 0 aliphatic heterocycles. The molecule has 2 heterocycles. The smallest absolute Gasteiger partial charge is 0.266 e. The van der Waals surface area contributed by atoms with Gasteiger partial charge in [0.05, 0.1) is 27.3 Å². The maximum Gasteiger partial charge on any atom is 0.266 e. The van der Waals surface area contributed by atoms with Crippen LogP contribution in [0.1, 0.15) is 10.4 Å². The number of rotatable bonds is 3. The number of pyridine rings is 1. The van der Waals surface area contributed by atoms with Gasteiger partial charge in [-0.05, 0) is 24.3 Å². The van der Waals surface area contributed by atoms with Crippen LogP contribution in [0, 0.1) is 0 Å². The zero-order valence-electron chi connectivity index (χ0n) is 13.5. The molecule has 2 aromatic carbocycles. The molecule has 0 amide bonds. The second-order valence-electron chi connectivity index (χ2n) is 5.67. The zero-order valence-corrected chi connectivity index (χ0v) is 14.3. The SMILES string of the molecule is Nc1c(C(=O)[O-])c2ccc(N(O)O)cc2c(=O)n1-c1nc2ccccc2s1. The van der Waals surface area contributed by atoms with Gasteiger partial charge >= 0.3 is 0 Å². The Hall–Kier alpha value is -3.47. The minimum atomic E-state index is -1.56. The van der Waals surface area contributed by atoms with Crippen LogP contribution < -0.4 is 21.6 Å². The topological polar surface area (TPSA) is 145 Å². The Morgan fingerprint density at radius 1 is 1.19 bits per heavy atom. The molecule has 4 aromatic rings. The Morgan fingerprint density at radius 2 is 1.93 bits per heavy atom. The van der Waals surface area contributed by atoms with Crippen LogP contribution in [-0.2, 0) is 0 Å². The van der Waals surface area contributed by atoms with E-state index in [0.29, 0.717) is 5.52 Å². The van der Waals surface area contributed by atoms with Crippen molar-refractivity contribution in [2.45, 2.75) is 0 Å². The number of anilines is 2. The number of hydrogen-bond donors (Lipinski definition) is 3. The van der Waals surface area contributed by atoms with E-state index in [1.807, 2.05) is 12.1 Å². The number of carboxylic acids is 1. The van der Waals surface area contributed by atoms with Gasteiger partial charge in [-0.1, -0.05) is 29.5 Å². The number of para-hydroxylation sites is 1. The van der Waals surface area contributed by atoms with Gasteiger partial charge in [0, 0.05) is 10.9 Å².